The molecule has 0 atom stereocenters. The molecular formula is C10H8N2. The van der Waals surface area contributed by atoms with Gasteiger partial charge in [-0.1, -0.05) is 24.3 Å². The van der Waals surface area contributed by atoms with Crippen molar-refractivity contribution in [2.24, 2.45) is 7.05 Å². The van der Waals surface area contributed by atoms with E-state index in [9.17, 15) is 0 Å². The molecule has 0 aliphatic heterocycles. The van der Waals surface area contributed by atoms with Crippen LogP contribution in [0.15, 0.2) is 30.5 Å². The van der Waals surface area contributed by atoms with Gasteiger partial charge in [-0.3, -0.25) is 0 Å². The summed E-state index contributed by atoms with van der Waals surface area (Å²) < 4.78 is 1.85. The third-order valence-corrected chi connectivity index (χ3v) is 2.01. The fraction of sp³-hybridized carbons (Fsp3) is 0.100. The molecule has 0 fully saturated rings. The highest BCUT2D eigenvalue weighted by Gasteiger charge is 2.03. The molecule has 0 spiro atoms. The van der Waals surface area contributed by atoms with E-state index in [0.29, 0.717) is 0 Å². The Morgan fingerprint density at radius 3 is 2.83 bits per heavy atom. The predicted octanol–water partition coefficient (Wildman–Crippen LogP) is 2.05. The molecular weight excluding hydrogens is 148 g/mol. The molecule has 0 amide bonds. The summed E-state index contributed by atoms with van der Waals surface area (Å²) in [6.07, 6.45) is 1.97. The average molecular weight is 156 g/mol. The van der Waals surface area contributed by atoms with Crippen molar-refractivity contribution in [2.75, 3.05) is 0 Å². The van der Waals surface area contributed by atoms with Crippen molar-refractivity contribution in [3.05, 3.63) is 36.2 Å². The van der Waals surface area contributed by atoms with Crippen LogP contribution in [-0.4, -0.2) is 4.57 Å². The van der Waals surface area contributed by atoms with Crippen molar-refractivity contribution in [1.82, 2.24) is 4.57 Å². The molecule has 0 aliphatic rings. The van der Waals surface area contributed by atoms with Gasteiger partial charge in [0.1, 0.15) is 11.8 Å². The Bertz CT molecular complexity index is 460. The maximum Gasteiger partial charge on any atom is 0.127 e. The van der Waals surface area contributed by atoms with Gasteiger partial charge in [-0.05, 0) is 0 Å². The Labute approximate surface area is 70.7 Å². The average Bonchev–Trinajstić information content (AvgIpc) is 2.40. The molecule has 2 aromatic rings. The number of hydrogen-bond acceptors (Lipinski definition) is 1. The summed E-state index contributed by atoms with van der Waals surface area (Å²) in [6, 6.07) is 10.1. The standard InChI is InChI=1S/C10H8N2/c1-12-7-8-4-2-3-5-9(8)10(12)6-11/h2-5,7H,1H3. The number of nitrogens with zero attached hydrogens (tertiary/aromatic N) is 2. The van der Waals surface area contributed by atoms with Crippen molar-refractivity contribution >= 4 is 10.8 Å². The van der Waals surface area contributed by atoms with Gasteiger partial charge in [-0.2, -0.15) is 5.26 Å². The van der Waals surface area contributed by atoms with Crippen molar-refractivity contribution in [2.45, 2.75) is 0 Å². The fourth-order valence-electron chi connectivity index (χ4n) is 1.43. The van der Waals surface area contributed by atoms with Gasteiger partial charge < -0.3 is 4.57 Å². The second kappa shape index (κ2) is 2.38. The van der Waals surface area contributed by atoms with Crippen LogP contribution >= 0.6 is 0 Å². The molecule has 1 heterocycles. The Balaban J connectivity index is 2.93. The van der Waals surface area contributed by atoms with Crippen molar-refractivity contribution in [3.63, 3.8) is 0 Å². The van der Waals surface area contributed by atoms with Crippen LogP contribution in [0.5, 0.6) is 0 Å². The van der Waals surface area contributed by atoms with E-state index in [2.05, 4.69) is 6.07 Å². The van der Waals surface area contributed by atoms with Crippen LogP contribution in [0.2, 0.25) is 0 Å². The lowest BCUT2D eigenvalue weighted by molar-refractivity contribution is 0.914. The van der Waals surface area contributed by atoms with E-state index in [4.69, 9.17) is 5.26 Å². The number of benzene rings is 1. The van der Waals surface area contributed by atoms with Gasteiger partial charge in [0.05, 0.1) is 0 Å². The van der Waals surface area contributed by atoms with Crippen LogP contribution in [0.4, 0.5) is 0 Å². The SMILES string of the molecule is Cn1cc2ccccc2c1C#N. The maximum atomic E-state index is 8.83. The second-order valence-electron chi connectivity index (χ2n) is 2.79. The Morgan fingerprint density at radius 1 is 1.33 bits per heavy atom. The zero-order chi connectivity index (χ0) is 8.55. The molecule has 1 aromatic heterocycles. The van der Waals surface area contributed by atoms with Crippen LogP contribution in [0.3, 0.4) is 0 Å². The summed E-state index contributed by atoms with van der Waals surface area (Å²) >= 11 is 0. The minimum absolute atomic E-state index is 0.727. The summed E-state index contributed by atoms with van der Waals surface area (Å²) in [5, 5.41) is 11.0. The first-order chi connectivity index (χ1) is 5.83. The Hall–Kier alpha value is -1.75. The third-order valence-electron chi connectivity index (χ3n) is 2.01. The van der Waals surface area contributed by atoms with Gasteiger partial charge in [0.25, 0.3) is 0 Å². The first-order valence-corrected chi connectivity index (χ1v) is 3.77. The van der Waals surface area contributed by atoms with Crippen molar-refractivity contribution in [1.29, 1.82) is 5.26 Å². The van der Waals surface area contributed by atoms with Crippen LogP contribution in [-0.2, 0) is 7.05 Å². The topological polar surface area (TPSA) is 28.7 Å². The lowest BCUT2D eigenvalue weighted by atomic mass is 10.2. The van der Waals surface area contributed by atoms with Gasteiger partial charge >= 0.3 is 0 Å². The summed E-state index contributed by atoms with van der Waals surface area (Å²) in [5.41, 5.74) is 0.727. The molecule has 0 saturated carbocycles. The first-order valence-electron chi connectivity index (χ1n) is 3.77. The molecule has 0 bridgehead atoms. The first kappa shape index (κ1) is 6.93. The Morgan fingerprint density at radius 2 is 2.08 bits per heavy atom. The van der Waals surface area contributed by atoms with Gasteiger partial charge in [-0.25, -0.2) is 0 Å². The van der Waals surface area contributed by atoms with Crippen molar-refractivity contribution < 1.29 is 0 Å². The van der Waals surface area contributed by atoms with Crippen LogP contribution < -0.4 is 0 Å². The van der Waals surface area contributed by atoms with Crippen molar-refractivity contribution in [3.8, 4) is 6.07 Å². The quantitative estimate of drug-likeness (QED) is 0.573. The number of aromatic nitrogens is 1. The lowest BCUT2D eigenvalue weighted by Crippen LogP contribution is -1.87. The Kier molecular flexibility index (Phi) is 1.38. The highest BCUT2D eigenvalue weighted by Crippen LogP contribution is 2.18. The summed E-state index contributed by atoms with van der Waals surface area (Å²) in [7, 11) is 1.89. The smallest absolute Gasteiger partial charge is 0.127 e. The summed E-state index contributed by atoms with van der Waals surface area (Å²) in [4.78, 5) is 0. The molecule has 58 valence electrons. The van der Waals surface area contributed by atoms with Gasteiger partial charge in [0, 0.05) is 24.0 Å². The number of nitriles is 1. The normalized spacial score (nSPS) is 10.0. The van der Waals surface area contributed by atoms with E-state index < -0.39 is 0 Å². The predicted molar refractivity (Wildman–Crippen MR) is 47.6 cm³/mol. The van der Waals surface area contributed by atoms with E-state index in [-0.39, 0.29) is 0 Å². The largest absolute Gasteiger partial charge is 0.341 e. The molecule has 2 nitrogen and oxygen atoms in total. The highest BCUT2D eigenvalue weighted by molar-refractivity contribution is 5.87. The number of rotatable bonds is 0. The van der Waals surface area contributed by atoms with Crippen LogP contribution in [0, 0.1) is 11.3 Å². The van der Waals surface area contributed by atoms with Crippen LogP contribution in [0.25, 0.3) is 10.8 Å². The second-order valence-corrected chi connectivity index (χ2v) is 2.79. The monoisotopic (exact) mass is 156 g/mol. The summed E-state index contributed by atoms with van der Waals surface area (Å²) in [6.45, 7) is 0. The van der Waals surface area contributed by atoms with E-state index >= 15 is 0 Å². The number of aryl methyl sites for hydroxylation is 1. The maximum absolute atomic E-state index is 8.83. The molecule has 1 aromatic carbocycles. The molecule has 0 unspecified atom stereocenters. The lowest BCUT2D eigenvalue weighted by Gasteiger charge is -1.89. The van der Waals surface area contributed by atoms with Gasteiger partial charge in [0.2, 0.25) is 0 Å². The van der Waals surface area contributed by atoms with E-state index in [1.165, 1.54) is 0 Å². The zero-order valence-electron chi connectivity index (χ0n) is 6.78. The van der Waals surface area contributed by atoms with E-state index in [0.717, 1.165) is 16.5 Å². The number of hydrogen-bond donors (Lipinski definition) is 0. The molecule has 0 aliphatic carbocycles. The fourth-order valence-corrected chi connectivity index (χ4v) is 1.43. The highest BCUT2D eigenvalue weighted by atomic mass is 14.9. The molecule has 0 N–H and O–H groups in total. The zero-order valence-corrected chi connectivity index (χ0v) is 6.78. The third kappa shape index (κ3) is 0.802. The molecule has 0 radical (unpaired) electrons. The minimum atomic E-state index is 0.727. The van der Waals surface area contributed by atoms with Gasteiger partial charge in [0.15, 0.2) is 0 Å². The minimum Gasteiger partial charge on any atom is -0.341 e. The van der Waals surface area contributed by atoms with Gasteiger partial charge in [-0.15, -0.1) is 0 Å². The molecule has 2 rings (SSSR count). The summed E-state index contributed by atoms with van der Waals surface area (Å²) in [5.74, 6) is 0. The molecule has 0 saturated heterocycles. The molecule has 2 heteroatoms. The number of fused-ring (bicyclic) bond motifs is 1. The molecule has 12 heavy (non-hydrogen) atoms. The van der Waals surface area contributed by atoms with E-state index in [1.807, 2.05) is 42.1 Å². The van der Waals surface area contributed by atoms with Crippen LogP contribution in [0.1, 0.15) is 5.69 Å². The van der Waals surface area contributed by atoms with E-state index in [1.54, 1.807) is 0 Å².